The second-order valence-corrected chi connectivity index (χ2v) is 6.80. The lowest BCUT2D eigenvalue weighted by Gasteiger charge is -2.29. The third kappa shape index (κ3) is 4.01. The number of carbonyl (C=O) groups is 1. The monoisotopic (exact) mass is 361 g/mol. The van der Waals surface area contributed by atoms with Crippen molar-refractivity contribution in [3.05, 3.63) is 77.9 Å². The number of aryl methyl sites for hydroxylation is 1. The van der Waals surface area contributed by atoms with Gasteiger partial charge in [0.15, 0.2) is 0 Å². The van der Waals surface area contributed by atoms with Crippen LogP contribution in [0.3, 0.4) is 0 Å². The van der Waals surface area contributed by atoms with Crippen molar-refractivity contribution in [2.75, 3.05) is 17.2 Å². The molecule has 2 amide bonds. The lowest BCUT2D eigenvalue weighted by Crippen LogP contribution is -2.32. The Morgan fingerprint density at radius 3 is 2.74 bits per heavy atom. The summed E-state index contributed by atoms with van der Waals surface area (Å²) in [5.41, 5.74) is 4.14. The molecule has 6 heteroatoms. The van der Waals surface area contributed by atoms with Crippen LogP contribution in [0.5, 0.6) is 0 Å². The van der Waals surface area contributed by atoms with Crippen molar-refractivity contribution in [3.63, 3.8) is 0 Å². The molecular weight excluding hydrogens is 338 g/mol. The van der Waals surface area contributed by atoms with Gasteiger partial charge in [0.05, 0.1) is 6.54 Å². The first kappa shape index (κ1) is 17.3. The fraction of sp³-hybridized carbons (Fsp3) is 0.238. The number of anilines is 2. The molecule has 0 fully saturated rings. The summed E-state index contributed by atoms with van der Waals surface area (Å²) in [5.74, 6) is 1.06. The Morgan fingerprint density at radius 1 is 1.11 bits per heavy atom. The zero-order chi connectivity index (χ0) is 18.6. The number of aromatic nitrogens is 2. The highest BCUT2D eigenvalue weighted by molar-refractivity contribution is 6.00. The smallest absolute Gasteiger partial charge is 0.323 e. The van der Waals surface area contributed by atoms with Crippen molar-refractivity contribution >= 4 is 17.4 Å². The third-order valence-corrected chi connectivity index (χ3v) is 4.91. The van der Waals surface area contributed by atoms with Gasteiger partial charge in [0.2, 0.25) is 0 Å². The molecule has 1 aliphatic heterocycles. The van der Waals surface area contributed by atoms with Crippen molar-refractivity contribution in [1.29, 1.82) is 0 Å². The minimum absolute atomic E-state index is 0.218. The molecule has 6 nitrogen and oxygen atoms in total. The van der Waals surface area contributed by atoms with Crippen molar-refractivity contribution in [2.24, 2.45) is 7.05 Å². The maximum atomic E-state index is 12.3. The zero-order valence-corrected chi connectivity index (χ0v) is 15.4. The molecule has 2 heterocycles. The van der Waals surface area contributed by atoms with Gasteiger partial charge in [-0.1, -0.05) is 30.3 Å². The van der Waals surface area contributed by atoms with Crippen LogP contribution >= 0.6 is 0 Å². The molecule has 3 aromatic rings. The predicted octanol–water partition coefficient (Wildman–Crippen LogP) is 3.62. The minimum atomic E-state index is -0.218. The average molecular weight is 361 g/mol. The Kier molecular flexibility index (Phi) is 4.89. The molecule has 1 aliphatic rings. The highest BCUT2D eigenvalue weighted by Gasteiger charge is 2.20. The van der Waals surface area contributed by atoms with Crippen molar-refractivity contribution in [1.82, 2.24) is 14.5 Å². The summed E-state index contributed by atoms with van der Waals surface area (Å²) in [6.45, 7) is 2.63. The van der Waals surface area contributed by atoms with Gasteiger partial charge < -0.3 is 15.2 Å². The normalized spacial score (nSPS) is 13.8. The Balaban J connectivity index is 1.44. The Morgan fingerprint density at radius 2 is 1.96 bits per heavy atom. The number of benzene rings is 2. The van der Waals surface area contributed by atoms with Gasteiger partial charge in [0.1, 0.15) is 5.82 Å². The molecule has 0 aliphatic carbocycles. The summed E-state index contributed by atoms with van der Waals surface area (Å²) in [5, 5.41) is 5.87. The van der Waals surface area contributed by atoms with Gasteiger partial charge in [-0.05, 0) is 35.7 Å². The van der Waals surface area contributed by atoms with E-state index in [1.54, 1.807) is 0 Å². The predicted molar refractivity (Wildman–Crippen MR) is 107 cm³/mol. The molecule has 1 aromatic heterocycles. The van der Waals surface area contributed by atoms with E-state index in [9.17, 15) is 4.79 Å². The first-order valence-corrected chi connectivity index (χ1v) is 9.11. The van der Waals surface area contributed by atoms with Gasteiger partial charge in [0, 0.05) is 43.9 Å². The Bertz CT molecular complexity index is 935. The topological polar surface area (TPSA) is 62.2 Å². The Hall–Kier alpha value is -3.12. The number of para-hydroxylation sites is 1. The molecule has 0 bridgehead atoms. The van der Waals surface area contributed by atoms with E-state index < -0.39 is 0 Å². The molecule has 0 radical (unpaired) electrons. The van der Waals surface area contributed by atoms with Crippen LogP contribution in [0.25, 0.3) is 0 Å². The lowest BCUT2D eigenvalue weighted by molar-refractivity contribution is 0.237. The molecule has 0 unspecified atom stereocenters. The molecular formula is C21H23N5O. The number of urea groups is 1. The molecule has 4 rings (SSSR count). The fourth-order valence-corrected chi connectivity index (χ4v) is 3.47. The molecule has 2 aromatic carbocycles. The largest absolute Gasteiger partial charge is 0.337 e. The Labute approximate surface area is 158 Å². The first-order valence-electron chi connectivity index (χ1n) is 9.11. The second-order valence-electron chi connectivity index (χ2n) is 6.80. The number of rotatable bonds is 4. The number of nitrogens with one attached hydrogen (secondary N) is 2. The SMILES string of the molecule is Cn1ccnc1CN1CCc2c(cccc2NC(=O)Nc2ccccc2)C1. The quantitative estimate of drug-likeness (QED) is 0.746. The number of imidazole rings is 1. The van der Waals surface area contributed by atoms with Crippen LogP contribution in [0.1, 0.15) is 17.0 Å². The molecule has 0 atom stereocenters. The number of carbonyl (C=O) groups excluding carboxylic acids is 1. The first-order chi connectivity index (χ1) is 13.2. The van der Waals surface area contributed by atoms with Gasteiger partial charge >= 0.3 is 6.03 Å². The van der Waals surface area contributed by atoms with E-state index in [4.69, 9.17) is 0 Å². The van der Waals surface area contributed by atoms with Gasteiger partial charge in [0.25, 0.3) is 0 Å². The van der Waals surface area contributed by atoms with Gasteiger partial charge in [-0.2, -0.15) is 0 Å². The van der Waals surface area contributed by atoms with Gasteiger partial charge in [-0.15, -0.1) is 0 Å². The van der Waals surface area contributed by atoms with E-state index in [1.807, 2.05) is 61.9 Å². The molecule has 138 valence electrons. The third-order valence-electron chi connectivity index (χ3n) is 4.91. The summed E-state index contributed by atoms with van der Waals surface area (Å²) in [4.78, 5) is 19.1. The number of hydrogen-bond acceptors (Lipinski definition) is 3. The number of nitrogens with zero attached hydrogens (tertiary/aromatic N) is 3. The van der Waals surface area contributed by atoms with Crippen LogP contribution in [0.4, 0.5) is 16.2 Å². The van der Waals surface area contributed by atoms with Crippen LogP contribution in [0.15, 0.2) is 60.9 Å². The number of fused-ring (bicyclic) bond motifs is 1. The van der Waals surface area contributed by atoms with E-state index >= 15 is 0 Å². The van der Waals surface area contributed by atoms with Crippen LogP contribution in [-0.4, -0.2) is 27.0 Å². The number of amides is 2. The van der Waals surface area contributed by atoms with Gasteiger partial charge in [-0.25, -0.2) is 9.78 Å². The van der Waals surface area contributed by atoms with E-state index in [1.165, 1.54) is 11.1 Å². The van der Waals surface area contributed by atoms with Crippen molar-refractivity contribution < 1.29 is 4.79 Å². The van der Waals surface area contributed by atoms with E-state index in [-0.39, 0.29) is 6.03 Å². The van der Waals surface area contributed by atoms with E-state index in [0.717, 1.165) is 43.3 Å². The molecule has 0 spiro atoms. The minimum Gasteiger partial charge on any atom is -0.337 e. The fourth-order valence-electron chi connectivity index (χ4n) is 3.47. The lowest BCUT2D eigenvalue weighted by atomic mass is 9.97. The van der Waals surface area contributed by atoms with E-state index in [2.05, 4.69) is 31.2 Å². The summed E-state index contributed by atoms with van der Waals surface area (Å²) in [7, 11) is 2.02. The summed E-state index contributed by atoms with van der Waals surface area (Å²) < 4.78 is 2.06. The highest BCUT2D eigenvalue weighted by atomic mass is 16.2. The molecule has 27 heavy (non-hydrogen) atoms. The molecule has 0 saturated carbocycles. The van der Waals surface area contributed by atoms with Gasteiger partial charge in [-0.3, -0.25) is 4.90 Å². The van der Waals surface area contributed by atoms with Crippen LogP contribution in [-0.2, 0) is 26.6 Å². The second kappa shape index (κ2) is 7.63. The molecule has 2 N–H and O–H groups in total. The van der Waals surface area contributed by atoms with Crippen molar-refractivity contribution in [2.45, 2.75) is 19.5 Å². The van der Waals surface area contributed by atoms with Crippen molar-refractivity contribution in [3.8, 4) is 0 Å². The highest BCUT2D eigenvalue weighted by Crippen LogP contribution is 2.27. The summed E-state index contributed by atoms with van der Waals surface area (Å²) >= 11 is 0. The van der Waals surface area contributed by atoms with E-state index in [0.29, 0.717) is 0 Å². The molecule has 0 saturated heterocycles. The van der Waals surface area contributed by atoms with Crippen LogP contribution in [0.2, 0.25) is 0 Å². The average Bonchev–Trinajstić information content (AvgIpc) is 3.07. The maximum absolute atomic E-state index is 12.3. The summed E-state index contributed by atoms with van der Waals surface area (Å²) in [6, 6.07) is 15.4. The summed E-state index contributed by atoms with van der Waals surface area (Å²) in [6.07, 6.45) is 4.71. The zero-order valence-electron chi connectivity index (χ0n) is 15.4. The van der Waals surface area contributed by atoms with Crippen LogP contribution in [0, 0.1) is 0 Å². The van der Waals surface area contributed by atoms with Crippen LogP contribution < -0.4 is 10.6 Å². The number of hydrogen-bond donors (Lipinski definition) is 2. The maximum Gasteiger partial charge on any atom is 0.323 e. The standard InChI is InChI=1S/C21H23N5O/c1-25-13-11-22-20(25)15-26-12-10-18-16(14-26)6-5-9-19(18)24-21(27)23-17-7-3-2-4-8-17/h2-9,11,13H,10,12,14-15H2,1H3,(H2,23,24,27).